The van der Waals surface area contributed by atoms with Gasteiger partial charge in [-0.1, -0.05) is 32.8 Å². The average molecular weight is 289 g/mol. The lowest BCUT2D eigenvalue weighted by Crippen LogP contribution is -2.32. The van der Waals surface area contributed by atoms with E-state index in [4.69, 9.17) is 4.74 Å². The van der Waals surface area contributed by atoms with Crippen LogP contribution in [0.3, 0.4) is 0 Å². The van der Waals surface area contributed by atoms with Gasteiger partial charge in [0.05, 0.1) is 6.61 Å². The quantitative estimate of drug-likeness (QED) is 0.794. The summed E-state index contributed by atoms with van der Waals surface area (Å²) in [6, 6.07) is 7.41. The summed E-state index contributed by atoms with van der Waals surface area (Å²) in [6.07, 6.45) is 6.58. The maximum atomic E-state index is 5.92. The molecule has 1 heterocycles. The molecular weight excluding hydrogens is 258 g/mol. The summed E-state index contributed by atoms with van der Waals surface area (Å²) in [5.41, 5.74) is 2.73. The highest BCUT2D eigenvalue weighted by molar-refractivity contribution is 5.34. The molecule has 21 heavy (non-hydrogen) atoms. The predicted molar refractivity (Wildman–Crippen MR) is 90.1 cm³/mol. The molecule has 1 fully saturated rings. The van der Waals surface area contributed by atoms with E-state index in [0.717, 1.165) is 18.8 Å². The van der Waals surface area contributed by atoms with Gasteiger partial charge in [0.1, 0.15) is 5.75 Å². The van der Waals surface area contributed by atoms with Crippen molar-refractivity contribution in [2.24, 2.45) is 5.92 Å². The van der Waals surface area contributed by atoms with E-state index in [9.17, 15) is 0 Å². The van der Waals surface area contributed by atoms with E-state index in [-0.39, 0.29) is 0 Å². The third kappa shape index (κ3) is 5.35. The Morgan fingerprint density at radius 2 is 2.00 bits per heavy atom. The van der Waals surface area contributed by atoms with E-state index in [1.54, 1.807) is 0 Å². The molecule has 0 aliphatic carbocycles. The van der Waals surface area contributed by atoms with Crippen LogP contribution >= 0.6 is 0 Å². The van der Waals surface area contributed by atoms with Crippen LogP contribution in [0.5, 0.6) is 5.75 Å². The first-order valence-electron chi connectivity index (χ1n) is 8.48. The van der Waals surface area contributed by atoms with Gasteiger partial charge < -0.3 is 9.64 Å². The number of hydrogen-bond donors (Lipinski definition) is 0. The maximum Gasteiger partial charge on any atom is 0.119 e. The normalized spacial score (nSPS) is 20.5. The number of aryl methyl sites for hydroxylation is 1. The fourth-order valence-corrected chi connectivity index (χ4v) is 3.14. The van der Waals surface area contributed by atoms with Crippen molar-refractivity contribution in [1.29, 1.82) is 0 Å². The first kappa shape index (κ1) is 16.4. The highest BCUT2D eigenvalue weighted by Gasteiger charge is 2.18. The van der Waals surface area contributed by atoms with Crippen LogP contribution in [-0.2, 0) is 6.42 Å². The van der Waals surface area contributed by atoms with E-state index in [0.29, 0.717) is 12.0 Å². The summed E-state index contributed by atoms with van der Waals surface area (Å²) in [6.45, 7) is 8.59. The van der Waals surface area contributed by atoms with Gasteiger partial charge in [-0.05, 0) is 69.0 Å². The van der Waals surface area contributed by atoms with Gasteiger partial charge in [-0.25, -0.2) is 0 Å². The highest BCUT2D eigenvalue weighted by Crippen LogP contribution is 2.23. The van der Waals surface area contributed by atoms with Crippen molar-refractivity contribution in [1.82, 2.24) is 4.90 Å². The maximum absolute atomic E-state index is 5.92. The predicted octanol–water partition coefficient (Wildman–Crippen LogP) is 4.45. The Kier molecular flexibility index (Phi) is 6.10. The van der Waals surface area contributed by atoms with Crippen molar-refractivity contribution in [3.8, 4) is 5.75 Å². The van der Waals surface area contributed by atoms with Crippen LogP contribution in [0.15, 0.2) is 18.2 Å². The second kappa shape index (κ2) is 7.84. The topological polar surface area (TPSA) is 12.5 Å². The van der Waals surface area contributed by atoms with Crippen LogP contribution in [-0.4, -0.2) is 31.1 Å². The molecule has 118 valence electrons. The lowest BCUT2D eigenvalue weighted by atomic mass is 9.99. The molecule has 0 bridgehead atoms. The van der Waals surface area contributed by atoms with E-state index in [1.165, 1.54) is 43.4 Å². The Bertz CT molecular complexity index is 441. The van der Waals surface area contributed by atoms with E-state index >= 15 is 0 Å². The first-order valence-corrected chi connectivity index (χ1v) is 8.48. The second-order valence-corrected chi connectivity index (χ2v) is 7.05. The number of hydrogen-bond acceptors (Lipinski definition) is 2. The van der Waals surface area contributed by atoms with Crippen LogP contribution in [0.25, 0.3) is 0 Å². The Balaban J connectivity index is 2.04. The van der Waals surface area contributed by atoms with Gasteiger partial charge in [0, 0.05) is 6.04 Å². The van der Waals surface area contributed by atoms with Crippen molar-refractivity contribution < 1.29 is 4.74 Å². The van der Waals surface area contributed by atoms with Gasteiger partial charge in [0.25, 0.3) is 0 Å². The van der Waals surface area contributed by atoms with Crippen LogP contribution in [0, 0.1) is 12.8 Å². The molecule has 2 heteroatoms. The van der Waals surface area contributed by atoms with Crippen molar-refractivity contribution in [3.05, 3.63) is 29.3 Å². The number of rotatable bonds is 5. The molecule has 1 unspecified atom stereocenters. The smallest absolute Gasteiger partial charge is 0.119 e. The Hall–Kier alpha value is -1.02. The molecule has 1 atom stereocenters. The van der Waals surface area contributed by atoms with Crippen molar-refractivity contribution in [2.45, 2.75) is 58.9 Å². The molecule has 1 aliphatic rings. The molecule has 0 spiro atoms. The third-order valence-electron chi connectivity index (χ3n) is 4.34. The molecule has 2 nitrogen and oxygen atoms in total. The van der Waals surface area contributed by atoms with Gasteiger partial charge in [0.2, 0.25) is 0 Å². The zero-order valence-corrected chi connectivity index (χ0v) is 14.2. The second-order valence-electron chi connectivity index (χ2n) is 7.05. The third-order valence-corrected chi connectivity index (χ3v) is 4.34. The molecule has 2 rings (SSSR count). The average Bonchev–Trinajstić information content (AvgIpc) is 2.61. The van der Waals surface area contributed by atoms with Gasteiger partial charge in [-0.15, -0.1) is 0 Å². The minimum absolute atomic E-state index is 0.571. The molecule has 0 aromatic heterocycles. The summed E-state index contributed by atoms with van der Waals surface area (Å²) in [5.74, 6) is 1.61. The van der Waals surface area contributed by atoms with E-state index in [2.05, 4.69) is 50.9 Å². The van der Waals surface area contributed by atoms with Crippen LogP contribution < -0.4 is 4.74 Å². The molecule has 0 radical (unpaired) electrons. The Morgan fingerprint density at radius 3 is 2.76 bits per heavy atom. The molecular formula is C19H31NO. The molecule has 0 N–H and O–H groups in total. The SMILES string of the molecule is Cc1cc(CC2CCCCCN2C)cc(OCC(C)C)c1. The van der Waals surface area contributed by atoms with Gasteiger partial charge in [-0.3, -0.25) is 0 Å². The van der Waals surface area contributed by atoms with Crippen LogP contribution in [0.1, 0.15) is 50.7 Å². The lowest BCUT2D eigenvalue weighted by molar-refractivity contribution is 0.244. The molecule has 1 saturated heterocycles. The minimum Gasteiger partial charge on any atom is -0.493 e. The molecule has 0 amide bonds. The summed E-state index contributed by atoms with van der Waals surface area (Å²) >= 11 is 0. The van der Waals surface area contributed by atoms with Gasteiger partial charge in [0.15, 0.2) is 0 Å². The standard InChI is InChI=1S/C19H31NO/c1-15(2)14-21-19-11-16(3)10-17(13-19)12-18-8-6-5-7-9-20(18)4/h10-11,13,15,18H,5-9,12,14H2,1-4H3. The van der Waals surface area contributed by atoms with Crippen LogP contribution in [0.4, 0.5) is 0 Å². The first-order chi connectivity index (χ1) is 10.0. The zero-order valence-electron chi connectivity index (χ0n) is 14.2. The Morgan fingerprint density at radius 1 is 1.19 bits per heavy atom. The summed E-state index contributed by atoms with van der Waals surface area (Å²) in [7, 11) is 2.28. The molecule has 1 aromatic carbocycles. The van der Waals surface area contributed by atoms with Crippen LogP contribution in [0.2, 0.25) is 0 Å². The van der Waals surface area contributed by atoms with Gasteiger partial charge >= 0.3 is 0 Å². The largest absolute Gasteiger partial charge is 0.493 e. The van der Waals surface area contributed by atoms with Gasteiger partial charge in [-0.2, -0.15) is 0 Å². The van der Waals surface area contributed by atoms with E-state index < -0.39 is 0 Å². The molecule has 1 aliphatic heterocycles. The van der Waals surface area contributed by atoms with E-state index in [1.807, 2.05) is 0 Å². The minimum atomic E-state index is 0.571. The van der Waals surface area contributed by atoms with Crippen molar-refractivity contribution >= 4 is 0 Å². The van der Waals surface area contributed by atoms with Crippen molar-refractivity contribution in [3.63, 3.8) is 0 Å². The Labute approximate surface area is 130 Å². The number of ether oxygens (including phenoxy) is 1. The highest BCUT2D eigenvalue weighted by atomic mass is 16.5. The summed E-state index contributed by atoms with van der Waals surface area (Å²) in [5, 5.41) is 0. The summed E-state index contributed by atoms with van der Waals surface area (Å²) < 4.78 is 5.92. The number of nitrogens with zero attached hydrogens (tertiary/aromatic N) is 1. The zero-order chi connectivity index (χ0) is 15.2. The van der Waals surface area contributed by atoms with Crippen molar-refractivity contribution in [2.75, 3.05) is 20.2 Å². The fourth-order valence-electron chi connectivity index (χ4n) is 3.14. The summed E-state index contributed by atoms with van der Waals surface area (Å²) in [4.78, 5) is 2.55. The lowest BCUT2D eigenvalue weighted by Gasteiger charge is -2.26. The number of likely N-dealkylation sites (N-methyl/N-ethyl adjacent to an activating group) is 1. The number of likely N-dealkylation sites (tertiary alicyclic amines) is 1. The monoisotopic (exact) mass is 289 g/mol. The molecule has 1 aromatic rings. The fraction of sp³-hybridized carbons (Fsp3) is 0.684. The molecule has 0 saturated carbocycles. The number of benzene rings is 1.